The maximum Gasteiger partial charge on any atom is 0.227 e. The van der Waals surface area contributed by atoms with Crippen molar-refractivity contribution in [3.63, 3.8) is 0 Å². The van der Waals surface area contributed by atoms with Crippen molar-refractivity contribution in [1.29, 1.82) is 0 Å². The van der Waals surface area contributed by atoms with Crippen LogP contribution in [0.2, 0.25) is 0 Å². The van der Waals surface area contributed by atoms with Gasteiger partial charge in [-0.2, -0.15) is 4.98 Å². The van der Waals surface area contributed by atoms with E-state index in [0.29, 0.717) is 66.6 Å². The molecule has 0 saturated carbocycles. The van der Waals surface area contributed by atoms with E-state index in [2.05, 4.69) is 9.97 Å². The number of methoxy groups -OCH3 is 2. The largest absolute Gasteiger partial charge is 0.493 e. The van der Waals surface area contributed by atoms with E-state index in [1.807, 2.05) is 30.1 Å². The fourth-order valence-corrected chi connectivity index (χ4v) is 5.81. The third-order valence-electron chi connectivity index (χ3n) is 6.75. The number of hydrogen-bond donors (Lipinski definition) is 1. The molecule has 0 bridgehead atoms. The van der Waals surface area contributed by atoms with Gasteiger partial charge in [0.05, 0.1) is 25.5 Å². The summed E-state index contributed by atoms with van der Waals surface area (Å²) in [5.74, 6) is 2.03. The predicted molar refractivity (Wildman–Crippen MR) is 137 cm³/mol. The highest BCUT2D eigenvalue weighted by Gasteiger charge is 2.41. The Balaban J connectivity index is 1.68. The van der Waals surface area contributed by atoms with E-state index in [0.717, 1.165) is 5.69 Å². The number of anilines is 2. The lowest BCUT2D eigenvalue weighted by Crippen LogP contribution is -2.50. The molecule has 11 heteroatoms. The summed E-state index contributed by atoms with van der Waals surface area (Å²) in [4.78, 5) is 15.9. The lowest BCUT2D eigenvalue weighted by molar-refractivity contribution is 0.231. The molecular weight excluding hydrogens is 468 g/mol. The number of fused-ring (bicyclic) bond motifs is 1. The second kappa shape index (κ2) is 9.82. The summed E-state index contributed by atoms with van der Waals surface area (Å²) < 4.78 is 37.3. The Bertz CT molecular complexity index is 1290. The summed E-state index contributed by atoms with van der Waals surface area (Å²) in [6.45, 7) is 3.12. The van der Waals surface area contributed by atoms with Crippen molar-refractivity contribution >= 4 is 32.7 Å². The van der Waals surface area contributed by atoms with E-state index >= 15 is 0 Å². The van der Waals surface area contributed by atoms with Gasteiger partial charge in [0.2, 0.25) is 16.0 Å². The summed E-state index contributed by atoms with van der Waals surface area (Å²) in [6, 6.07) is 9.40. The van der Waals surface area contributed by atoms with E-state index in [9.17, 15) is 8.42 Å². The highest BCUT2D eigenvalue weighted by atomic mass is 32.2. The van der Waals surface area contributed by atoms with Crippen LogP contribution in [0.15, 0.2) is 36.5 Å². The third-order valence-corrected chi connectivity index (χ3v) is 8.63. The Morgan fingerprint density at radius 2 is 1.80 bits per heavy atom. The molecule has 0 unspecified atom stereocenters. The smallest absolute Gasteiger partial charge is 0.227 e. The van der Waals surface area contributed by atoms with Gasteiger partial charge in [0, 0.05) is 55.4 Å². The molecule has 1 fully saturated rings. The Kier molecular flexibility index (Phi) is 7.00. The average Bonchev–Trinajstić information content (AvgIpc) is 2.88. The van der Waals surface area contributed by atoms with Gasteiger partial charge in [-0.05, 0) is 38.0 Å². The first-order valence-corrected chi connectivity index (χ1v) is 13.1. The predicted octanol–water partition coefficient (Wildman–Crippen LogP) is 2.44. The van der Waals surface area contributed by atoms with E-state index in [1.165, 1.54) is 0 Å². The Labute approximate surface area is 206 Å². The molecule has 0 amide bonds. The normalized spacial score (nSPS) is 16.2. The van der Waals surface area contributed by atoms with Crippen LogP contribution in [0.5, 0.6) is 11.5 Å². The molecule has 10 nitrogen and oxygen atoms in total. The topological polar surface area (TPSA) is 124 Å². The number of piperidine rings is 1. The van der Waals surface area contributed by atoms with Gasteiger partial charge < -0.3 is 20.1 Å². The zero-order chi connectivity index (χ0) is 25.2. The maximum absolute atomic E-state index is 12.5. The van der Waals surface area contributed by atoms with Crippen molar-refractivity contribution < 1.29 is 17.9 Å². The molecule has 3 aromatic rings. The van der Waals surface area contributed by atoms with Crippen LogP contribution in [-0.2, 0) is 15.4 Å². The molecule has 188 valence electrons. The van der Waals surface area contributed by atoms with Crippen LogP contribution in [-0.4, -0.2) is 74.3 Å². The van der Waals surface area contributed by atoms with E-state index in [-0.39, 0.29) is 11.2 Å². The van der Waals surface area contributed by atoms with Crippen molar-refractivity contribution in [2.24, 2.45) is 0 Å². The molecule has 3 heterocycles. The maximum atomic E-state index is 12.5. The lowest BCUT2D eigenvalue weighted by atomic mass is 9.75. The zero-order valence-electron chi connectivity index (χ0n) is 20.6. The molecule has 1 saturated heterocycles. The number of pyridine rings is 1. The number of nitrogens with zero attached hydrogens (tertiary/aromatic N) is 5. The highest BCUT2D eigenvalue weighted by Crippen LogP contribution is 2.38. The molecule has 4 rings (SSSR count). The van der Waals surface area contributed by atoms with Gasteiger partial charge in [-0.1, -0.05) is 6.07 Å². The molecule has 0 spiro atoms. The van der Waals surface area contributed by atoms with E-state index < -0.39 is 10.0 Å². The SMILES string of the molecule is CCS(=O)(=O)N1CCC(CN(C)c2nc(N)c3cc(OC)c(OC)cc3n2)(c2ccccn2)CC1. The second-order valence-corrected chi connectivity index (χ2v) is 11.0. The fourth-order valence-electron chi connectivity index (χ4n) is 4.71. The standard InChI is InChI=1S/C24H32N6O4S/c1-5-35(31,32)30-12-9-24(10-13-30,21-8-6-7-11-26-21)16-29(2)23-27-18-15-20(34-4)19(33-3)14-17(18)22(25)28-23/h6-8,11,14-15H,5,9-10,12-13,16H2,1-4H3,(H2,25,27,28). The number of ether oxygens (including phenoxy) is 2. The molecule has 35 heavy (non-hydrogen) atoms. The van der Waals surface area contributed by atoms with Crippen LogP contribution in [0.1, 0.15) is 25.5 Å². The summed E-state index contributed by atoms with van der Waals surface area (Å²) in [5.41, 5.74) is 7.53. The molecule has 0 radical (unpaired) electrons. The summed E-state index contributed by atoms with van der Waals surface area (Å²) >= 11 is 0. The molecule has 2 N–H and O–H groups in total. The van der Waals surface area contributed by atoms with Crippen LogP contribution >= 0.6 is 0 Å². The average molecular weight is 501 g/mol. The van der Waals surface area contributed by atoms with Gasteiger partial charge >= 0.3 is 0 Å². The van der Waals surface area contributed by atoms with Gasteiger partial charge in [0.25, 0.3) is 0 Å². The third kappa shape index (κ3) is 4.83. The van der Waals surface area contributed by atoms with Gasteiger partial charge in [0.1, 0.15) is 5.82 Å². The summed E-state index contributed by atoms with van der Waals surface area (Å²) in [5, 5.41) is 0.678. The van der Waals surface area contributed by atoms with Gasteiger partial charge in [-0.3, -0.25) is 4.98 Å². The molecule has 0 aliphatic carbocycles. The van der Waals surface area contributed by atoms with Crippen molar-refractivity contribution in [3.05, 3.63) is 42.2 Å². The van der Waals surface area contributed by atoms with Gasteiger partial charge in [-0.15, -0.1) is 0 Å². The Hall–Kier alpha value is -3.18. The first-order chi connectivity index (χ1) is 16.7. The second-order valence-electron chi connectivity index (χ2n) is 8.78. The van der Waals surface area contributed by atoms with Crippen LogP contribution in [0.25, 0.3) is 10.9 Å². The number of hydrogen-bond acceptors (Lipinski definition) is 9. The number of aromatic nitrogens is 3. The molecule has 1 aliphatic heterocycles. The van der Waals surface area contributed by atoms with E-state index in [1.54, 1.807) is 43.8 Å². The van der Waals surface area contributed by atoms with E-state index in [4.69, 9.17) is 20.2 Å². The monoisotopic (exact) mass is 500 g/mol. The first kappa shape index (κ1) is 24.9. The number of likely N-dealkylation sites (N-methyl/N-ethyl adjacent to an activating group) is 1. The minimum Gasteiger partial charge on any atom is -0.493 e. The van der Waals surface area contributed by atoms with Crippen LogP contribution < -0.4 is 20.1 Å². The van der Waals surface area contributed by atoms with Crippen molar-refractivity contribution in [2.75, 3.05) is 57.3 Å². The van der Waals surface area contributed by atoms with Gasteiger partial charge in [-0.25, -0.2) is 17.7 Å². The van der Waals surface area contributed by atoms with Gasteiger partial charge in [0.15, 0.2) is 11.5 Å². The number of nitrogens with two attached hydrogens (primary N) is 1. The quantitative estimate of drug-likeness (QED) is 0.496. The van der Waals surface area contributed by atoms with Crippen molar-refractivity contribution in [1.82, 2.24) is 19.3 Å². The van der Waals surface area contributed by atoms with Crippen molar-refractivity contribution in [2.45, 2.75) is 25.2 Å². The highest BCUT2D eigenvalue weighted by molar-refractivity contribution is 7.89. The molecule has 0 atom stereocenters. The number of sulfonamides is 1. The fraction of sp³-hybridized carbons (Fsp3) is 0.458. The molecule has 2 aromatic heterocycles. The summed E-state index contributed by atoms with van der Waals surface area (Å²) in [6.07, 6.45) is 3.06. The van der Waals surface area contributed by atoms with Crippen LogP contribution in [0, 0.1) is 0 Å². The number of nitrogen functional groups attached to an aromatic ring is 1. The lowest BCUT2D eigenvalue weighted by Gasteiger charge is -2.42. The first-order valence-electron chi connectivity index (χ1n) is 11.5. The Morgan fingerprint density at radius 1 is 1.11 bits per heavy atom. The number of benzene rings is 1. The van der Waals surface area contributed by atoms with Crippen LogP contribution in [0.4, 0.5) is 11.8 Å². The Morgan fingerprint density at radius 3 is 2.40 bits per heavy atom. The minimum atomic E-state index is -3.24. The number of rotatable bonds is 8. The van der Waals surface area contributed by atoms with Crippen molar-refractivity contribution in [3.8, 4) is 11.5 Å². The molecular formula is C24H32N6O4S. The van der Waals surface area contributed by atoms with Crippen LogP contribution in [0.3, 0.4) is 0 Å². The minimum absolute atomic E-state index is 0.0992. The summed E-state index contributed by atoms with van der Waals surface area (Å²) in [7, 11) is 1.82. The molecule has 1 aromatic carbocycles. The zero-order valence-corrected chi connectivity index (χ0v) is 21.4. The molecule has 1 aliphatic rings.